The normalized spacial score (nSPS) is 16.3. The molecule has 86 valence electrons. The van der Waals surface area contributed by atoms with Gasteiger partial charge in [-0.3, -0.25) is 4.79 Å². The van der Waals surface area contributed by atoms with Crippen LogP contribution in [0.1, 0.15) is 6.92 Å². The SMILES string of the molecule is CCOc1ccccc1N1CCNCC1=O. The van der Waals surface area contributed by atoms with Gasteiger partial charge in [-0.15, -0.1) is 0 Å². The standard InChI is InChI=1S/C12H16N2O2/c1-2-16-11-6-4-3-5-10(11)14-8-7-13-9-12(14)15/h3-6,13H,2,7-9H2,1H3. The predicted molar refractivity (Wildman–Crippen MR) is 62.8 cm³/mol. The van der Waals surface area contributed by atoms with E-state index in [1.54, 1.807) is 4.90 Å². The van der Waals surface area contributed by atoms with Crippen molar-refractivity contribution in [3.63, 3.8) is 0 Å². The van der Waals surface area contributed by atoms with Crippen molar-refractivity contribution < 1.29 is 9.53 Å². The van der Waals surface area contributed by atoms with E-state index in [9.17, 15) is 4.79 Å². The molecule has 1 aromatic rings. The number of rotatable bonds is 3. The van der Waals surface area contributed by atoms with Crippen LogP contribution in [0.25, 0.3) is 0 Å². The summed E-state index contributed by atoms with van der Waals surface area (Å²) in [6.07, 6.45) is 0. The number of nitrogens with zero attached hydrogens (tertiary/aromatic N) is 1. The van der Waals surface area contributed by atoms with E-state index in [2.05, 4.69) is 5.32 Å². The molecule has 4 nitrogen and oxygen atoms in total. The second kappa shape index (κ2) is 4.99. The third-order valence-corrected chi connectivity index (χ3v) is 2.55. The Balaban J connectivity index is 2.27. The molecule has 1 amide bonds. The number of para-hydroxylation sites is 2. The highest BCUT2D eigenvalue weighted by atomic mass is 16.5. The van der Waals surface area contributed by atoms with Gasteiger partial charge < -0.3 is 15.0 Å². The minimum absolute atomic E-state index is 0.0957. The predicted octanol–water partition coefficient (Wildman–Crippen LogP) is 1.02. The van der Waals surface area contributed by atoms with Crippen molar-refractivity contribution in [3.8, 4) is 5.75 Å². The number of carbonyl (C=O) groups excluding carboxylic acids is 1. The van der Waals surface area contributed by atoms with Crippen LogP contribution in [0.3, 0.4) is 0 Å². The summed E-state index contributed by atoms with van der Waals surface area (Å²) in [6, 6.07) is 7.66. The second-order valence-electron chi connectivity index (χ2n) is 3.62. The van der Waals surface area contributed by atoms with Gasteiger partial charge in [0, 0.05) is 13.1 Å². The van der Waals surface area contributed by atoms with Crippen molar-refractivity contribution in [2.24, 2.45) is 0 Å². The first-order valence-electron chi connectivity index (χ1n) is 5.56. The van der Waals surface area contributed by atoms with Crippen molar-refractivity contribution >= 4 is 11.6 Å². The second-order valence-corrected chi connectivity index (χ2v) is 3.62. The van der Waals surface area contributed by atoms with Crippen molar-refractivity contribution in [1.82, 2.24) is 5.32 Å². The maximum atomic E-state index is 11.8. The van der Waals surface area contributed by atoms with Crippen LogP contribution in [0.2, 0.25) is 0 Å². The van der Waals surface area contributed by atoms with E-state index in [0.717, 1.165) is 18.0 Å². The summed E-state index contributed by atoms with van der Waals surface area (Å²) in [6.45, 7) is 4.48. The van der Waals surface area contributed by atoms with Gasteiger partial charge in [0.1, 0.15) is 5.75 Å². The number of ether oxygens (including phenoxy) is 1. The molecule has 0 bridgehead atoms. The van der Waals surface area contributed by atoms with E-state index in [-0.39, 0.29) is 5.91 Å². The highest BCUT2D eigenvalue weighted by molar-refractivity contribution is 5.96. The topological polar surface area (TPSA) is 41.6 Å². The molecule has 1 aromatic carbocycles. The van der Waals surface area contributed by atoms with Crippen molar-refractivity contribution in [1.29, 1.82) is 0 Å². The molecule has 0 unspecified atom stereocenters. The van der Waals surface area contributed by atoms with Gasteiger partial charge in [0.2, 0.25) is 5.91 Å². The van der Waals surface area contributed by atoms with E-state index in [0.29, 0.717) is 19.7 Å². The van der Waals surface area contributed by atoms with Crippen molar-refractivity contribution in [2.45, 2.75) is 6.92 Å². The fourth-order valence-electron chi connectivity index (χ4n) is 1.82. The maximum Gasteiger partial charge on any atom is 0.241 e. The number of benzene rings is 1. The molecule has 16 heavy (non-hydrogen) atoms. The third kappa shape index (κ3) is 2.17. The van der Waals surface area contributed by atoms with Crippen LogP contribution in [0.15, 0.2) is 24.3 Å². The zero-order chi connectivity index (χ0) is 11.4. The molecule has 0 aliphatic carbocycles. The monoisotopic (exact) mass is 220 g/mol. The fraction of sp³-hybridized carbons (Fsp3) is 0.417. The van der Waals surface area contributed by atoms with E-state index in [4.69, 9.17) is 4.74 Å². The lowest BCUT2D eigenvalue weighted by Crippen LogP contribution is -2.48. The molecule has 0 atom stereocenters. The molecule has 4 heteroatoms. The smallest absolute Gasteiger partial charge is 0.241 e. The van der Waals surface area contributed by atoms with Crippen LogP contribution in [0.5, 0.6) is 5.75 Å². The summed E-state index contributed by atoms with van der Waals surface area (Å²) in [5.74, 6) is 0.874. The van der Waals surface area contributed by atoms with Crippen LogP contribution in [-0.4, -0.2) is 32.1 Å². The lowest BCUT2D eigenvalue weighted by atomic mass is 10.2. The molecule has 0 aromatic heterocycles. The summed E-state index contributed by atoms with van der Waals surface area (Å²) in [5.41, 5.74) is 0.871. The number of amides is 1. The average molecular weight is 220 g/mol. The summed E-state index contributed by atoms with van der Waals surface area (Å²) in [5, 5.41) is 3.05. The Hall–Kier alpha value is -1.55. The molecular formula is C12H16N2O2. The molecule has 0 spiro atoms. The molecule has 1 fully saturated rings. The maximum absolute atomic E-state index is 11.8. The van der Waals surface area contributed by atoms with Crippen LogP contribution in [0, 0.1) is 0 Å². The van der Waals surface area contributed by atoms with Gasteiger partial charge in [-0.1, -0.05) is 12.1 Å². The number of nitrogens with one attached hydrogen (secondary N) is 1. The summed E-state index contributed by atoms with van der Waals surface area (Å²) in [4.78, 5) is 13.5. The molecule has 2 rings (SSSR count). The van der Waals surface area contributed by atoms with Crippen LogP contribution < -0.4 is 15.0 Å². The summed E-state index contributed by atoms with van der Waals surface area (Å²) < 4.78 is 5.52. The van der Waals surface area contributed by atoms with Gasteiger partial charge in [0.05, 0.1) is 18.8 Å². The van der Waals surface area contributed by atoms with E-state index in [1.807, 2.05) is 31.2 Å². The minimum atomic E-state index is 0.0957. The van der Waals surface area contributed by atoms with Crippen LogP contribution in [0.4, 0.5) is 5.69 Å². The molecule has 0 saturated carbocycles. The van der Waals surface area contributed by atoms with Crippen molar-refractivity contribution in [3.05, 3.63) is 24.3 Å². The lowest BCUT2D eigenvalue weighted by molar-refractivity contribution is -0.118. The molecule has 1 aliphatic rings. The largest absolute Gasteiger partial charge is 0.492 e. The van der Waals surface area contributed by atoms with Gasteiger partial charge in [-0.05, 0) is 19.1 Å². The lowest BCUT2D eigenvalue weighted by Gasteiger charge is -2.28. The van der Waals surface area contributed by atoms with E-state index >= 15 is 0 Å². The van der Waals surface area contributed by atoms with Gasteiger partial charge in [0.15, 0.2) is 0 Å². The first kappa shape index (κ1) is 11.0. The highest BCUT2D eigenvalue weighted by Crippen LogP contribution is 2.28. The number of carbonyl (C=O) groups is 1. The van der Waals surface area contributed by atoms with E-state index < -0.39 is 0 Å². The molecule has 1 heterocycles. The Morgan fingerprint density at radius 3 is 3.00 bits per heavy atom. The average Bonchev–Trinajstić information content (AvgIpc) is 2.31. The first-order valence-corrected chi connectivity index (χ1v) is 5.56. The number of piperazine rings is 1. The van der Waals surface area contributed by atoms with E-state index in [1.165, 1.54) is 0 Å². The number of hydrogen-bond acceptors (Lipinski definition) is 3. The molecule has 0 radical (unpaired) electrons. The quantitative estimate of drug-likeness (QED) is 0.827. The number of hydrogen-bond donors (Lipinski definition) is 1. The van der Waals surface area contributed by atoms with Crippen LogP contribution >= 0.6 is 0 Å². The Morgan fingerprint density at radius 1 is 1.44 bits per heavy atom. The van der Waals surface area contributed by atoms with Gasteiger partial charge in [-0.25, -0.2) is 0 Å². The van der Waals surface area contributed by atoms with Gasteiger partial charge in [0.25, 0.3) is 0 Å². The molecule has 1 saturated heterocycles. The Labute approximate surface area is 95.2 Å². The number of anilines is 1. The van der Waals surface area contributed by atoms with Gasteiger partial charge in [-0.2, -0.15) is 0 Å². The van der Waals surface area contributed by atoms with Crippen molar-refractivity contribution in [2.75, 3.05) is 31.1 Å². The molecule has 1 N–H and O–H groups in total. The Kier molecular flexibility index (Phi) is 3.41. The van der Waals surface area contributed by atoms with Gasteiger partial charge >= 0.3 is 0 Å². The summed E-state index contributed by atoms with van der Waals surface area (Å²) >= 11 is 0. The summed E-state index contributed by atoms with van der Waals surface area (Å²) in [7, 11) is 0. The fourth-order valence-corrected chi connectivity index (χ4v) is 1.82. The first-order chi connectivity index (χ1) is 7.83. The third-order valence-electron chi connectivity index (χ3n) is 2.55. The van der Waals surface area contributed by atoms with Crippen LogP contribution in [-0.2, 0) is 4.79 Å². The molecular weight excluding hydrogens is 204 g/mol. The molecule has 1 aliphatic heterocycles. The zero-order valence-electron chi connectivity index (χ0n) is 9.40. The zero-order valence-corrected chi connectivity index (χ0v) is 9.40. The Morgan fingerprint density at radius 2 is 2.25 bits per heavy atom. The highest BCUT2D eigenvalue weighted by Gasteiger charge is 2.21. The minimum Gasteiger partial charge on any atom is -0.492 e. The Bertz CT molecular complexity index is 379.